The molecule has 0 saturated carbocycles. The first-order valence-electron chi connectivity index (χ1n) is 13.9. The van der Waals surface area contributed by atoms with E-state index in [0.717, 1.165) is 58.2 Å². The number of fused-ring (bicyclic) bond motifs is 2. The fourth-order valence-corrected chi connectivity index (χ4v) is 8.37. The van der Waals surface area contributed by atoms with Crippen molar-refractivity contribution >= 4 is 65.5 Å². The number of halogens is 3. The number of rotatable bonds is 6. The van der Waals surface area contributed by atoms with Crippen LogP contribution in [-0.4, -0.2) is 67.7 Å². The second kappa shape index (κ2) is 13.0. The molecule has 2 amide bonds. The number of carbonyl (C=O) groups excluding carboxylic acids is 2. The van der Waals surface area contributed by atoms with Crippen molar-refractivity contribution in [1.29, 1.82) is 0 Å². The maximum Gasteiger partial charge on any atom is 0.274 e. The summed E-state index contributed by atoms with van der Waals surface area (Å²) in [6.45, 7) is 2.09. The van der Waals surface area contributed by atoms with Gasteiger partial charge in [0.15, 0.2) is 0 Å². The third kappa shape index (κ3) is 7.51. The fraction of sp³-hybridized carbons (Fsp3) is 0.536. The van der Waals surface area contributed by atoms with Crippen LogP contribution < -0.4 is 9.86 Å². The predicted octanol–water partition coefficient (Wildman–Crippen LogP) is 4.15. The molecule has 2 saturated heterocycles. The number of carbonyl (C=O) groups is 2. The molecule has 5 rings (SSSR count). The van der Waals surface area contributed by atoms with Gasteiger partial charge < -0.3 is 9.80 Å². The molecule has 0 spiro atoms. The Balaban J connectivity index is 1.20. The number of aromatic nitrogens is 1. The van der Waals surface area contributed by atoms with Gasteiger partial charge in [0, 0.05) is 58.7 Å². The lowest BCUT2D eigenvalue weighted by Crippen LogP contribution is -2.46. The monoisotopic (exact) mass is 729 g/mol. The van der Waals surface area contributed by atoms with Gasteiger partial charge in [-0.3, -0.25) is 14.6 Å². The van der Waals surface area contributed by atoms with E-state index in [2.05, 4.69) is 44.0 Å². The van der Waals surface area contributed by atoms with Crippen LogP contribution in [0, 0.1) is 11.8 Å². The summed E-state index contributed by atoms with van der Waals surface area (Å²) in [6.07, 6.45) is 7.39. The molecule has 222 valence electrons. The van der Waals surface area contributed by atoms with Gasteiger partial charge in [-0.15, -0.1) is 0 Å². The predicted molar refractivity (Wildman–Crippen MR) is 165 cm³/mol. The first-order valence-corrected chi connectivity index (χ1v) is 17.4. The molecule has 13 heteroatoms. The number of amides is 2. The Morgan fingerprint density at radius 3 is 2.29 bits per heavy atom. The number of likely N-dealkylation sites (tertiary alicyclic amines) is 2. The summed E-state index contributed by atoms with van der Waals surface area (Å²) in [4.78, 5) is 34.1. The minimum Gasteiger partial charge on any atom is -0.343 e. The van der Waals surface area contributed by atoms with E-state index in [4.69, 9.17) is 21.7 Å². The van der Waals surface area contributed by atoms with Crippen molar-refractivity contribution < 1.29 is 18.0 Å². The van der Waals surface area contributed by atoms with Gasteiger partial charge in [-0.2, -0.15) is 13.1 Å². The van der Waals surface area contributed by atoms with Crippen LogP contribution in [0.4, 0.5) is 0 Å². The Morgan fingerprint density at radius 1 is 0.976 bits per heavy atom. The summed E-state index contributed by atoms with van der Waals surface area (Å²) in [5.74, 6) is 0.551. The summed E-state index contributed by atoms with van der Waals surface area (Å²) in [6, 6.07) is 6.25. The SMILES string of the molecule is NS(=O)(=O)NCC(=O)N1CCC(CC(=O)N2CCC([C@H]3c4ncc(Br)cc4CCc4cc(Cl)cc(Br)c43)CC2)CC1. The summed E-state index contributed by atoms with van der Waals surface area (Å²) in [5, 5.41) is 5.64. The standard InChI is InChI=1S/C28H34Br2ClN5O4S/c29-21-12-20-2-1-19-13-22(31)14-23(30)26(19)27(28(20)33-15-21)18-5-9-35(10-6-18)24(37)11-17-3-7-36(8-4-17)25(38)16-34-41(32,39)40/h12-15,17-18,27,34H,1-11,16H2,(H2,32,39,40)/t27-/m1/s1. The summed E-state index contributed by atoms with van der Waals surface area (Å²) < 4.78 is 26.2. The number of nitrogens with zero attached hydrogens (tertiary/aromatic N) is 3. The van der Waals surface area contributed by atoms with E-state index in [-0.39, 0.29) is 30.2 Å². The lowest BCUT2D eigenvalue weighted by molar-refractivity contribution is -0.134. The molecule has 2 aromatic rings. The van der Waals surface area contributed by atoms with Gasteiger partial charge in [-0.25, -0.2) is 5.14 Å². The van der Waals surface area contributed by atoms with E-state index in [9.17, 15) is 18.0 Å². The summed E-state index contributed by atoms with van der Waals surface area (Å²) in [7, 11) is -3.91. The van der Waals surface area contributed by atoms with E-state index < -0.39 is 10.2 Å². The molecular formula is C28H34Br2ClN5O4S. The maximum absolute atomic E-state index is 13.3. The highest BCUT2D eigenvalue weighted by Crippen LogP contribution is 2.46. The Kier molecular flexibility index (Phi) is 9.77. The number of piperidine rings is 2. The van der Waals surface area contributed by atoms with Crippen LogP contribution in [0.1, 0.15) is 60.4 Å². The number of nitrogens with one attached hydrogen (secondary N) is 1. The van der Waals surface area contributed by atoms with Crippen LogP contribution >= 0.6 is 43.5 Å². The second-order valence-electron chi connectivity index (χ2n) is 11.2. The number of hydrogen-bond donors (Lipinski definition) is 2. The molecule has 3 heterocycles. The molecule has 3 aliphatic rings. The number of nitrogens with two attached hydrogens (primary N) is 1. The Hall–Kier alpha value is -1.57. The lowest BCUT2D eigenvalue weighted by atomic mass is 9.76. The number of pyridine rings is 1. The summed E-state index contributed by atoms with van der Waals surface area (Å²) >= 11 is 13.9. The highest BCUT2D eigenvalue weighted by molar-refractivity contribution is 9.10. The van der Waals surface area contributed by atoms with E-state index in [0.29, 0.717) is 38.5 Å². The van der Waals surface area contributed by atoms with Gasteiger partial charge in [-0.1, -0.05) is 27.5 Å². The highest BCUT2D eigenvalue weighted by atomic mass is 79.9. The van der Waals surface area contributed by atoms with Gasteiger partial charge in [-0.05, 0) is 101 Å². The van der Waals surface area contributed by atoms with Crippen LogP contribution in [0.15, 0.2) is 33.3 Å². The Morgan fingerprint density at radius 2 is 1.61 bits per heavy atom. The van der Waals surface area contributed by atoms with Crippen molar-refractivity contribution in [2.45, 2.75) is 50.9 Å². The molecule has 1 aliphatic carbocycles. The number of benzene rings is 1. The Bertz CT molecular complexity index is 1430. The fourth-order valence-electron chi connectivity index (χ4n) is 6.55. The molecule has 2 aliphatic heterocycles. The van der Waals surface area contributed by atoms with Crippen molar-refractivity contribution in [2.75, 3.05) is 32.7 Å². The first-order chi connectivity index (χ1) is 19.5. The van der Waals surface area contributed by atoms with E-state index >= 15 is 0 Å². The second-order valence-corrected chi connectivity index (χ2v) is 14.8. The number of hydrogen-bond acceptors (Lipinski definition) is 5. The lowest BCUT2D eigenvalue weighted by Gasteiger charge is -2.38. The molecule has 1 atom stereocenters. The average molecular weight is 732 g/mol. The molecule has 0 unspecified atom stereocenters. The average Bonchev–Trinajstić information content (AvgIpc) is 3.08. The van der Waals surface area contributed by atoms with Crippen LogP contribution in [0.25, 0.3) is 0 Å². The third-order valence-corrected chi connectivity index (χ3v) is 10.5. The van der Waals surface area contributed by atoms with Crippen molar-refractivity contribution in [1.82, 2.24) is 19.5 Å². The zero-order chi connectivity index (χ0) is 29.3. The quantitative estimate of drug-likeness (QED) is 0.462. The molecule has 0 bridgehead atoms. The molecule has 9 nitrogen and oxygen atoms in total. The van der Waals surface area contributed by atoms with Gasteiger partial charge in [0.05, 0.1) is 12.2 Å². The largest absolute Gasteiger partial charge is 0.343 e. The zero-order valence-electron chi connectivity index (χ0n) is 22.6. The topological polar surface area (TPSA) is 126 Å². The normalized spacial score (nSPS) is 20.3. The van der Waals surface area contributed by atoms with Crippen LogP contribution in [0.2, 0.25) is 5.02 Å². The van der Waals surface area contributed by atoms with E-state index in [1.54, 1.807) is 4.90 Å². The Labute approximate surface area is 263 Å². The van der Waals surface area contributed by atoms with Crippen molar-refractivity contribution in [3.05, 3.63) is 60.7 Å². The van der Waals surface area contributed by atoms with Crippen LogP contribution in [0.3, 0.4) is 0 Å². The van der Waals surface area contributed by atoms with Crippen LogP contribution in [0.5, 0.6) is 0 Å². The smallest absolute Gasteiger partial charge is 0.274 e. The van der Waals surface area contributed by atoms with Crippen molar-refractivity contribution in [3.63, 3.8) is 0 Å². The van der Waals surface area contributed by atoms with E-state index in [1.807, 2.05) is 21.9 Å². The molecule has 41 heavy (non-hydrogen) atoms. The zero-order valence-corrected chi connectivity index (χ0v) is 27.4. The van der Waals surface area contributed by atoms with Crippen molar-refractivity contribution in [2.24, 2.45) is 17.0 Å². The minimum absolute atomic E-state index is 0.130. The molecule has 3 N–H and O–H groups in total. The molecular weight excluding hydrogens is 698 g/mol. The van der Waals surface area contributed by atoms with Gasteiger partial charge >= 0.3 is 0 Å². The van der Waals surface area contributed by atoms with E-state index in [1.165, 1.54) is 16.7 Å². The minimum atomic E-state index is -3.91. The van der Waals surface area contributed by atoms with Gasteiger partial charge in [0.25, 0.3) is 10.2 Å². The van der Waals surface area contributed by atoms with Crippen LogP contribution in [-0.2, 0) is 32.6 Å². The van der Waals surface area contributed by atoms with Gasteiger partial charge in [0.1, 0.15) is 0 Å². The summed E-state index contributed by atoms with van der Waals surface area (Å²) in [5.41, 5.74) is 4.91. The third-order valence-electron chi connectivity index (χ3n) is 8.64. The first kappa shape index (κ1) is 30.9. The highest BCUT2D eigenvalue weighted by Gasteiger charge is 2.37. The molecule has 1 aromatic carbocycles. The molecule has 0 radical (unpaired) electrons. The van der Waals surface area contributed by atoms with Crippen molar-refractivity contribution in [3.8, 4) is 0 Å². The maximum atomic E-state index is 13.3. The molecule has 2 fully saturated rings. The van der Waals surface area contributed by atoms with Gasteiger partial charge in [0.2, 0.25) is 11.8 Å². The number of aryl methyl sites for hydroxylation is 2. The molecule has 1 aromatic heterocycles.